The zero-order valence-electron chi connectivity index (χ0n) is 24.7. The average molecular weight is 591 g/mol. The average Bonchev–Trinajstić information content (AvgIpc) is 3.85. The summed E-state index contributed by atoms with van der Waals surface area (Å²) in [4.78, 5) is 2.47. The van der Waals surface area contributed by atoms with Gasteiger partial charge in [0.15, 0.2) is 0 Å². The van der Waals surface area contributed by atoms with Crippen molar-refractivity contribution in [2.45, 2.75) is 12.0 Å². The fraction of sp³-hybridized carbons (Fsp3) is 0.0476. The Morgan fingerprint density at radius 2 is 1.17 bits per heavy atom. The lowest BCUT2D eigenvalue weighted by molar-refractivity contribution is 0.662. The molecule has 2 aliphatic rings. The van der Waals surface area contributed by atoms with E-state index >= 15 is 0 Å². The summed E-state index contributed by atoms with van der Waals surface area (Å²) in [6.45, 7) is 0. The minimum absolute atomic E-state index is 0.252. The van der Waals surface area contributed by atoms with Crippen LogP contribution in [0.5, 0.6) is 0 Å². The summed E-state index contributed by atoms with van der Waals surface area (Å²) < 4.78 is 15.5. The van der Waals surface area contributed by atoms with Gasteiger partial charge in [0, 0.05) is 49.9 Å². The summed E-state index contributed by atoms with van der Waals surface area (Å²) in [6, 6.07) is 43.6. The van der Waals surface area contributed by atoms with E-state index in [9.17, 15) is 0 Å². The summed E-state index contributed by atoms with van der Waals surface area (Å²) in [7, 11) is 0. The van der Waals surface area contributed by atoms with Crippen LogP contribution >= 0.6 is 0 Å². The van der Waals surface area contributed by atoms with Gasteiger partial charge >= 0.3 is 0 Å². The van der Waals surface area contributed by atoms with E-state index in [1.165, 1.54) is 38.7 Å². The molecular weight excluding hydrogens is 564 g/mol. The van der Waals surface area contributed by atoms with Crippen LogP contribution in [0.1, 0.15) is 11.5 Å². The van der Waals surface area contributed by atoms with Crippen LogP contribution in [0, 0.1) is 0 Å². The van der Waals surface area contributed by atoms with Crippen LogP contribution in [0.25, 0.3) is 71.4 Å². The Kier molecular flexibility index (Phi) is 4.66. The second kappa shape index (κ2) is 8.80. The Morgan fingerprint density at radius 1 is 0.500 bits per heavy atom. The number of furan rings is 2. The third-order valence-electron chi connectivity index (χ3n) is 10.1. The van der Waals surface area contributed by atoms with E-state index in [0.717, 1.165) is 49.6 Å². The molecule has 0 N–H and O–H groups in total. The molecule has 0 saturated carbocycles. The maximum Gasteiger partial charge on any atom is 0.147 e. The van der Waals surface area contributed by atoms with E-state index in [1.54, 1.807) is 0 Å². The summed E-state index contributed by atoms with van der Waals surface area (Å²) in [6.07, 6.45) is 8.98. The number of hydrogen-bond donors (Lipinski definition) is 0. The van der Waals surface area contributed by atoms with Gasteiger partial charge in [0.25, 0.3) is 0 Å². The summed E-state index contributed by atoms with van der Waals surface area (Å²) in [5.74, 6) is 0.346. The minimum Gasteiger partial charge on any atom is -0.456 e. The molecule has 0 saturated heterocycles. The highest BCUT2D eigenvalue weighted by Gasteiger charge is 2.37. The van der Waals surface area contributed by atoms with Crippen molar-refractivity contribution in [2.75, 3.05) is 4.90 Å². The second-order valence-corrected chi connectivity index (χ2v) is 12.5. The van der Waals surface area contributed by atoms with Gasteiger partial charge in [-0.2, -0.15) is 0 Å². The topological polar surface area (TPSA) is 34.5 Å². The Labute approximate surface area is 263 Å². The van der Waals surface area contributed by atoms with Crippen molar-refractivity contribution in [3.8, 4) is 5.69 Å². The highest BCUT2D eigenvalue weighted by molar-refractivity contribution is 6.22. The normalized spacial score (nSPS) is 17.3. The molecule has 0 amide bonds. The van der Waals surface area contributed by atoms with Crippen molar-refractivity contribution < 1.29 is 8.83 Å². The number of anilines is 2. The highest BCUT2D eigenvalue weighted by atomic mass is 16.3. The molecule has 0 bridgehead atoms. The lowest BCUT2D eigenvalue weighted by Crippen LogP contribution is -2.28. The number of aromatic nitrogens is 1. The van der Waals surface area contributed by atoms with Gasteiger partial charge < -0.3 is 18.3 Å². The zero-order chi connectivity index (χ0) is 29.9. The van der Waals surface area contributed by atoms with Crippen LogP contribution in [0.2, 0.25) is 0 Å². The molecule has 1 aliphatic carbocycles. The minimum atomic E-state index is 0.252. The Hall–Kier alpha value is -6.00. The van der Waals surface area contributed by atoms with E-state index in [0.29, 0.717) is 5.92 Å². The first-order chi connectivity index (χ1) is 22.8. The molecule has 0 radical (unpaired) electrons. The number of fused-ring (bicyclic) bond motifs is 13. The van der Waals surface area contributed by atoms with Crippen molar-refractivity contribution >= 4 is 77.1 Å². The maximum absolute atomic E-state index is 6.69. The van der Waals surface area contributed by atoms with Gasteiger partial charge in [-0.25, -0.2) is 0 Å². The van der Waals surface area contributed by atoms with Crippen molar-refractivity contribution in [1.29, 1.82) is 0 Å². The van der Waals surface area contributed by atoms with Crippen molar-refractivity contribution in [1.82, 2.24) is 4.57 Å². The first-order valence-electron chi connectivity index (χ1n) is 15.9. The van der Waals surface area contributed by atoms with Gasteiger partial charge in [0.2, 0.25) is 0 Å². The van der Waals surface area contributed by atoms with Gasteiger partial charge in [-0.1, -0.05) is 78.9 Å². The quantitative estimate of drug-likeness (QED) is 0.201. The lowest BCUT2D eigenvalue weighted by atomic mass is 9.91. The Bertz CT molecular complexity index is 2740. The maximum atomic E-state index is 6.69. The summed E-state index contributed by atoms with van der Waals surface area (Å²) >= 11 is 0. The number of allylic oxidation sites excluding steroid dienone is 2. The van der Waals surface area contributed by atoms with Gasteiger partial charge in [0.05, 0.1) is 22.5 Å². The standard InChI is InChI=1S/C42H26N2O2/c1-5-13-34-27(9-1)28-10-2-6-14-35(28)43(34)25-17-20-38-32(23-25)31-19-22-40-41(42(31)46-38)33-24-26(18-21-39(33)45-40)44-36-15-7-3-11-29(36)30-12-4-8-16-37(30)44/h1-24,27,34H. The first kappa shape index (κ1) is 24.3. The number of hydrogen-bond acceptors (Lipinski definition) is 3. The van der Waals surface area contributed by atoms with Gasteiger partial charge in [-0.3, -0.25) is 0 Å². The Balaban J connectivity index is 1.13. The largest absolute Gasteiger partial charge is 0.456 e. The number of benzene rings is 6. The molecule has 4 heteroatoms. The molecule has 2 unspecified atom stereocenters. The molecule has 1 aliphatic heterocycles. The third kappa shape index (κ3) is 3.13. The molecule has 216 valence electrons. The fourth-order valence-corrected chi connectivity index (χ4v) is 8.15. The van der Waals surface area contributed by atoms with E-state index in [4.69, 9.17) is 8.83 Å². The summed E-state index contributed by atoms with van der Waals surface area (Å²) in [5.41, 5.74) is 10.7. The van der Waals surface area contributed by atoms with Gasteiger partial charge in [-0.05, 0) is 72.3 Å². The van der Waals surface area contributed by atoms with Crippen molar-refractivity contribution in [3.63, 3.8) is 0 Å². The molecule has 11 rings (SSSR count). The predicted octanol–water partition coefficient (Wildman–Crippen LogP) is 11.3. The predicted molar refractivity (Wildman–Crippen MR) is 189 cm³/mol. The van der Waals surface area contributed by atoms with Crippen LogP contribution in [-0.4, -0.2) is 10.6 Å². The lowest BCUT2D eigenvalue weighted by Gasteiger charge is -2.28. The number of nitrogens with zero attached hydrogens (tertiary/aromatic N) is 2. The van der Waals surface area contributed by atoms with E-state index in [2.05, 4.69) is 155 Å². The number of rotatable bonds is 2. The van der Waals surface area contributed by atoms with Crippen LogP contribution < -0.4 is 4.90 Å². The molecule has 6 aromatic carbocycles. The zero-order valence-corrected chi connectivity index (χ0v) is 24.7. The molecular formula is C42H26N2O2. The van der Waals surface area contributed by atoms with Crippen LogP contribution in [0.4, 0.5) is 11.4 Å². The molecule has 4 nitrogen and oxygen atoms in total. The van der Waals surface area contributed by atoms with E-state index in [-0.39, 0.29) is 6.04 Å². The fourth-order valence-electron chi connectivity index (χ4n) is 8.15. The molecule has 0 spiro atoms. The van der Waals surface area contributed by atoms with Crippen molar-refractivity contribution in [2.24, 2.45) is 0 Å². The monoisotopic (exact) mass is 590 g/mol. The van der Waals surface area contributed by atoms with Crippen LogP contribution in [0.15, 0.2) is 154 Å². The summed E-state index contributed by atoms with van der Waals surface area (Å²) in [5, 5.41) is 6.76. The van der Waals surface area contributed by atoms with Crippen LogP contribution in [-0.2, 0) is 0 Å². The molecule has 2 atom stereocenters. The van der Waals surface area contributed by atoms with Gasteiger partial charge in [0.1, 0.15) is 22.3 Å². The third-order valence-corrected chi connectivity index (χ3v) is 10.1. The van der Waals surface area contributed by atoms with E-state index in [1.807, 2.05) is 0 Å². The Morgan fingerprint density at radius 3 is 2.02 bits per heavy atom. The highest BCUT2D eigenvalue weighted by Crippen LogP contribution is 2.49. The molecule has 46 heavy (non-hydrogen) atoms. The second-order valence-electron chi connectivity index (χ2n) is 12.5. The molecule has 3 aromatic heterocycles. The molecule has 4 heterocycles. The SMILES string of the molecule is C1=CC2c3ccccc3N(c3ccc4oc5c(ccc6oc7ccc(-n8c9ccccc9c9ccccc98)cc7c65)c4c3)C2C=C1. The van der Waals surface area contributed by atoms with Gasteiger partial charge in [-0.15, -0.1) is 0 Å². The molecule has 0 fully saturated rings. The van der Waals surface area contributed by atoms with E-state index < -0.39 is 0 Å². The smallest absolute Gasteiger partial charge is 0.147 e. The van der Waals surface area contributed by atoms with Crippen LogP contribution in [0.3, 0.4) is 0 Å². The van der Waals surface area contributed by atoms with Crippen molar-refractivity contribution in [3.05, 3.63) is 151 Å². The number of para-hydroxylation sites is 3. The first-order valence-corrected chi connectivity index (χ1v) is 15.9. The molecule has 9 aromatic rings.